The first-order valence-corrected chi connectivity index (χ1v) is 10.6. The number of hydrogen-bond acceptors (Lipinski definition) is 6. The standard InChI is InChI=1S/C24H17F4N5O3/c25-17-5-2-14(8-21(17)36-24(26,27)28)11-30-22(34)19-9-20(32-12-31-19)23(35)33-18-6-3-15-7-13(10-29)1-4-16(15)18/h1-2,4-5,7-9,12,18H,3,6,11H2,(H,30,34)(H,33,35)/t18-/m1/s1. The number of carbonyl (C=O) groups excluding carboxylic acids is 2. The highest BCUT2D eigenvalue weighted by Gasteiger charge is 2.32. The van der Waals surface area contributed by atoms with E-state index in [1.165, 1.54) is 12.1 Å². The molecule has 1 atom stereocenters. The average molecular weight is 499 g/mol. The molecule has 2 amide bonds. The molecule has 8 nitrogen and oxygen atoms in total. The van der Waals surface area contributed by atoms with Crippen molar-refractivity contribution in [2.75, 3.05) is 0 Å². The fourth-order valence-corrected chi connectivity index (χ4v) is 3.81. The van der Waals surface area contributed by atoms with Crippen LogP contribution in [0.4, 0.5) is 17.6 Å². The van der Waals surface area contributed by atoms with Gasteiger partial charge in [0.2, 0.25) is 0 Å². The second-order valence-corrected chi connectivity index (χ2v) is 7.87. The second kappa shape index (κ2) is 9.99. The van der Waals surface area contributed by atoms with Gasteiger partial charge in [-0.1, -0.05) is 12.1 Å². The van der Waals surface area contributed by atoms with Crippen LogP contribution < -0.4 is 15.4 Å². The Morgan fingerprint density at radius 2 is 1.83 bits per heavy atom. The van der Waals surface area contributed by atoms with E-state index in [-0.39, 0.29) is 29.5 Å². The fraction of sp³-hybridized carbons (Fsp3) is 0.208. The molecular weight excluding hydrogens is 482 g/mol. The highest BCUT2D eigenvalue weighted by molar-refractivity contribution is 5.97. The Labute approximate surface area is 201 Å². The molecule has 0 fully saturated rings. The number of rotatable bonds is 6. The molecule has 0 aliphatic heterocycles. The lowest BCUT2D eigenvalue weighted by Gasteiger charge is -2.14. The second-order valence-electron chi connectivity index (χ2n) is 7.87. The Morgan fingerprint density at radius 3 is 2.56 bits per heavy atom. The van der Waals surface area contributed by atoms with Crippen LogP contribution in [0.3, 0.4) is 0 Å². The number of aromatic nitrogens is 2. The molecule has 184 valence electrons. The number of halogens is 4. The van der Waals surface area contributed by atoms with Crippen molar-refractivity contribution in [3.63, 3.8) is 0 Å². The maximum Gasteiger partial charge on any atom is 0.573 e. The molecule has 2 aromatic carbocycles. The Hall–Kier alpha value is -4.53. The van der Waals surface area contributed by atoms with Gasteiger partial charge in [-0.05, 0) is 53.8 Å². The van der Waals surface area contributed by atoms with E-state index < -0.39 is 29.7 Å². The van der Waals surface area contributed by atoms with Crippen LogP contribution in [0, 0.1) is 17.1 Å². The van der Waals surface area contributed by atoms with Gasteiger partial charge in [-0.2, -0.15) is 5.26 Å². The molecule has 12 heteroatoms. The van der Waals surface area contributed by atoms with E-state index in [1.807, 2.05) is 0 Å². The number of nitriles is 1. The Bertz CT molecular complexity index is 1370. The van der Waals surface area contributed by atoms with E-state index >= 15 is 0 Å². The molecule has 0 saturated carbocycles. The normalized spacial score (nSPS) is 14.5. The molecular formula is C24H17F4N5O3. The van der Waals surface area contributed by atoms with Crippen LogP contribution in [-0.2, 0) is 13.0 Å². The molecule has 1 aliphatic rings. The van der Waals surface area contributed by atoms with Gasteiger partial charge in [-0.15, -0.1) is 13.2 Å². The van der Waals surface area contributed by atoms with E-state index in [9.17, 15) is 27.2 Å². The van der Waals surface area contributed by atoms with Gasteiger partial charge < -0.3 is 15.4 Å². The number of nitrogens with one attached hydrogen (secondary N) is 2. The van der Waals surface area contributed by atoms with Crippen molar-refractivity contribution in [1.82, 2.24) is 20.6 Å². The lowest BCUT2D eigenvalue weighted by Crippen LogP contribution is -2.29. The molecule has 2 N–H and O–H groups in total. The molecule has 1 heterocycles. The van der Waals surface area contributed by atoms with E-state index in [0.29, 0.717) is 18.4 Å². The molecule has 0 saturated heterocycles. The van der Waals surface area contributed by atoms with Crippen molar-refractivity contribution in [1.29, 1.82) is 5.26 Å². The predicted molar refractivity (Wildman–Crippen MR) is 116 cm³/mol. The van der Waals surface area contributed by atoms with Crippen LogP contribution in [0.5, 0.6) is 5.75 Å². The van der Waals surface area contributed by atoms with Gasteiger partial charge in [0.05, 0.1) is 17.7 Å². The SMILES string of the molecule is N#Cc1ccc2c(c1)CC[C@H]2NC(=O)c1cc(C(=O)NCc2ccc(F)c(OC(F)(F)F)c2)ncn1. The first-order chi connectivity index (χ1) is 17.1. The maximum absolute atomic E-state index is 13.6. The topological polar surface area (TPSA) is 117 Å². The molecule has 1 aromatic heterocycles. The van der Waals surface area contributed by atoms with Gasteiger partial charge in [-0.3, -0.25) is 9.59 Å². The summed E-state index contributed by atoms with van der Waals surface area (Å²) in [6.07, 6.45) is -2.68. The first-order valence-electron chi connectivity index (χ1n) is 10.6. The highest BCUT2D eigenvalue weighted by Crippen LogP contribution is 2.32. The van der Waals surface area contributed by atoms with Crippen LogP contribution in [0.2, 0.25) is 0 Å². The summed E-state index contributed by atoms with van der Waals surface area (Å²) in [6, 6.07) is 11.0. The van der Waals surface area contributed by atoms with Gasteiger partial charge in [-0.25, -0.2) is 14.4 Å². The quantitative estimate of drug-likeness (QED) is 0.499. The summed E-state index contributed by atoms with van der Waals surface area (Å²) in [4.78, 5) is 33.0. The minimum absolute atomic E-state index is 0.0557. The van der Waals surface area contributed by atoms with E-state index in [1.54, 1.807) is 18.2 Å². The molecule has 0 unspecified atom stereocenters. The van der Waals surface area contributed by atoms with Gasteiger partial charge in [0.1, 0.15) is 17.7 Å². The lowest BCUT2D eigenvalue weighted by atomic mass is 10.1. The minimum atomic E-state index is -5.07. The number of ether oxygens (including phenoxy) is 1. The van der Waals surface area contributed by atoms with Gasteiger partial charge in [0.25, 0.3) is 11.8 Å². The molecule has 36 heavy (non-hydrogen) atoms. The number of alkyl halides is 3. The van der Waals surface area contributed by atoms with Crippen molar-refractivity contribution in [2.24, 2.45) is 0 Å². The van der Waals surface area contributed by atoms with Crippen molar-refractivity contribution < 1.29 is 31.9 Å². The number of fused-ring (bicyclic) bond motifs is 1. The largest absolute Gasteiger partial charge is 0.573 e. The number of carbonyl (C=O) groups is 2. The summed E-state index contributed by atoms with van der Waals surface area (Å²) < 4.78 is 54.4. The summed E-state index contributed by atoms with van der Waals surface area (Å²) in [5.74, 6) is -3.47. The number of amides is 2. The number of benzene rings is 2. The Balaban J connectivity index is 1.40. The third-order valence-electron chi connectivity index (χ3n) is 5.46. The van der Waals surface area contributed by atoms with Crippen molar-refractivity contribution in [2.45, 2.75) is 31.8 Å². The Morgan fingerprint density at radius 1 is 1.08 bits per heavy atom. The van der Waals surface area contributed by atoms with Crippen LogP contribution in [0.15, 0.2) is 48.8 Å². The van der Waals surface area contributed by atoms with Crippen molar-refractivity contribution in [3.05, 3.63) is 88.3 Å². The summed E-state index contributed by atoms with van der Waals surface area (Å²) in [5.41, 5.74) is 2.37. The monoisotopic (exact) mass is 499 g/mol. The highest BCUT2D eigenvalue weighted by atomic mass is 19.4. The minimum Gasteiger partial charge on any atom is -0.403 e. The van der Waals surface area contributed by atoms with E-state index in [4.69, 9.17) is 5.26 Å². The molecule has 0 radical (unpaired) electrons. The van der Waals surface area contributed by atoms with Crippen LogP contribution in [0.1, 0.15) is 55.7 Å². The zero-order chi connectivity index (χ0) is 25.9. The average Bonchev–Trinajstić information content (AvgIpc) is 3.25. The molecule has 3 aromatic rings. The predicted octanol–water partition coefficient (Wildman–Crippen LogP) is 3.73. The molecule has 4 rings (SSSR count). The first kappa shape index (κ1) is 24.6. The summed E-state index contributed by atoms with van der Waals surface area (Å²) in [7, 11) is 0. The lowest BCUT2D eigenvalue weighted by molar-refractivity contribution is -0.275. The van der Waals surface area contributed by atoms with Gasteiger partial charge in [0.15, 0.2) is 11.6 Å². The van der Waals surface area contributed by atoms with E-state index in [0.717, 1.165) is 29.6 Å². The smallest absolute Gasteiger partial charge is 0.403 e. The number of nitrogens with zero attached hydrogens (tertiary/aromatic N) is 3. The van der Waals surface area contributed by atoms with Gasteiger partial charge >= 0.3 is 6.36 Å². The van der Waals surface area contributed by atoms with E-state index in [2.05, 4.69) is 31.4 Å². The maximum atomic E-state index is 13.6. The van der Waals surface area contributed by atoms with Crippen LogP contribution in [0.25, 0.3) is 0 Å². The summed E-state index contributed by atoms with van der Waals surface area (Å²) in [6.45, 7) is -0.248. The van der Waals surface area contributed by atoms with Crippen molar-refractivity contribution in [3.8, 4) is 11.8 Å². The Kier molecular flexibility index (Phi) is 6.82. The fourth-order valence-electron chi connectivity index (χ4n) is 3.81. The number of aryl methyl sites for hydroxylation is 1. The third-order valence-corrected chi connectivity index (χ3v) is 5.46. The molecule has 0 spiro atoms. The van der Waals surface area contributed by atoms with Gasteiger partial charge in [0, 0.05) is 12.6 Å². The summed E-state index contributed by atoms with van der Waals surface area (Å²) >= 11 is 0. The summed E-state index contributed by atoms with van der Waals surface area (Å²) in [5, 5.41) is 14.3. The third kappa shape index (κ3) is 5.75. The number of hydrogen-bond donors (Lipinski definition) is 2. The van der Waals surface area contributed by atoms with Crippen molar-refractivity contribution >= 4 is 11.8 Å². The zero-order valence-electron chi connectivity index (χ0n) is 18.4. The van der Waals surface area contributed by atoms with Crippen LogP contribution >= 0.6 is 0 Å². The van der Waals surface area contributed by atoms with Crippen LogP contribution in [-0.4, -0.2) is 28.1 Å². The zero-order valence-corrected chi connectivity index (χ0v) is 18.4. The molecule has 0 bridgehead atoms. The molecule has 1 aliphatic carbocycles.